The van der Waals surface area contributed by atoms with Crippen molar-refractivity contribution in [2.24, 2.45) is 0 Å². The van der Waals surface area contributed by atoms with E-state index in [1.54, 1.807) is 23.1 Å². The summed E-state index contributed by atoms with van der Waals surface area (Å²) in [5, 5.41) is 3.66. The molecule has 1 aliphatic carbocycles. The molecule has 1 atom stereocenters. The van der Waals surface area contributed by atoms with Crippen LogP contribution in [0.4, 0.5) is 5.69 Å². The number of nitrogens with zero attached hydrogens (tertiary/aromatic N) is 2. The van der Waals surface area contributed by atoms with Gasteiger partial charge in [-0.3, -0.25) is 13.9 Å². The molecule has 0 aromatic heterocycles. The topological polar surface area (TPSA) is 86.8 Å². The number of sulfonamides is 1. The standard InChI is InChI=1S/C34H42ClN3O4S/c1-25-15-18-28(19-16-25)24-37(32(22-27-10-5-4-6-11-27)34(40)36-30-12-7-8-13-30)33(39)14-9-21-38(43(3,41)42)31-23-29(35)20-17-26(31)2/h4-6,10-11,15-20,23,30,32H,7-9,12-14,21-22,24H2,1-3H3,(H,36,40)/t32-/m1/s1. The number of halogens is 1. The van der Waals surface area contributed by atoms with Gasteiger partial charge in [0.2, 0.25) is 21.8 Å². The first-order chi connectivity index (χ1) is 20.5. The SMILES string of the molecule is Cc1ccc(CN(C(=O)CCCN(c2cc(Cl)ccc2C)S(C)(=O)=O)[C@H](Cc2ccccc2)C(=O)NC2CCCC2)cc1. The van der Waals surface area contributed by atoms with E-state index in [0.29, 0.717) is 17.1 Å². The van der Waals surface area contributed by atoms with Gasteiger partial charge in [0.05, 0.1) is 11.9 Å². The number of benzene rings is 3. The van der Waals surface area contributed by atoms with E-state index in [-0.39, 0.29) is 43.8 Å². The number of amides is 2. The van der Waals surface area contributed by atoms with Crippen molar-refractivity contribution in [1.29, 1.82) is 0 Å². The highest BCUT2D eigenvalue weighted by molar-refractivity contribution is 7.92. The average molecular weight is 624 g/mol. The van der Waals surface area contributed by atoms with E-state index in [0.717, 1.165) is 54.2 Å². The van der Waals surface area contributed by atoms with Crippen LogP contribution in [0.25, 0.3) is 0 Å². The molecule has 43 heavy (non-hydrogen) atoms. The molecule has 0 radical (unpaired) electrons. The van der Waals surface area contributed by atoms with Gasteiger partial charge in [-0.1, -0.05) is 90.7 Å². The summed E-state index contributed by atoms with van der Waals surface area (Å²) in [5.74, 6) is -0.345. The molecule has 1 fully saturated rings. The molecule has 0 aliphatic heterocycles. The number of aryl methyl sites for hydroxylation is 2. The maximum absolute atomic E-state index is 14.0. The molecular weight excluding hydrogens is 582 g/mol. The number of rotatable bonds is 13. The van der Waals surface area contributed by atoms with E-state index >= 15 is 0 Å². The average Bonchev–Trinajstić information content (AvgIpc) is 3.48. The minimum Gasteiger partial charge on any atom is -0.352 e. The molecule has 1 N–H and O–H groups in total. The zero-order chi connectivity index (χ0) is 31.0. The minimum absolute atomic E-state index is 0.0828. The summed E-state index contributed by atoms with van der Waals surface area (Å²) in [7, 11) is -3.63. The predicted octanol–water partition coefficient (Wildman–Crippen LogP) is 6.20. The summed E-state index contributed by atoms with van der Waals surface area (Å²) < 4.78 is 26.9. The molecule has 4 rings (SSSR count). The predicted molar refractivity (Wildman–Crippen MR) is 174 cm³/mol. The van der Waals surface area contributed by atoms with Gasteiger partial charge in [0.1, 0.15) is 6.04 Å². The number of carbonyl (C=O) groups excluding carboxylic acids is 2. The molecule has 3 aromatic carbocycles. The number of hydrogen-bond donors (Lipinski definition) is 1. The van der Waals surface area contributed by atoms with Crippen molar-refractivity contribution >= 4 is 39.1 Å². The van der Waals surface area contributed by atoms with Crippen LogP contribution in [0.3, 0.4) is 0 Å². The zero-order valence-corrected chi connectivity index (χ0v) is 26.8. The second kappa shape index (κ2) is 14.9. The lowest BCUT2D eigenvalue weighted by atomic mass is 10.0. The van der Waals surface area contributed by atoms with Crippen LogP contribution in [0.2, 0.25) is 5.02 Å². The van der Waals surface area contributed by atoms with E-state index in [9.17, 15) is 18.0 Å². The lowest BCUT2D eigenvalue weighted by Gasteiger charge is -2.33. The van der Waals surface area contributed by atoms with Gasteiger partial charge >= 0.3 is 0 Å². The van der Waals surface area contributed by atoms with Crippen molar-refractivity contribution in [3.8, 4) is 0 Å². The number of hydrogen-bond acceptors (Lipinski definition) is 4. The van der Waals surface area contributed by atoms with Crippen LogP contribution >= 0.6 is 11.6 Å². The Morgan fingerprint density at radius 1 is 0.953 bits per heavy atom. The van der Waals surface area contributed by atoms with Crippen LogP contribution in [0, 0.1) is 13.8 Å². The van der Waals surface area contributed by atoms with E-state index in [1.807, 2.05) is 68.4 Å². The molecule has 1 aliphatic rings. The third-order valence-electron chi connectivity index (χ3n) is 8.04. The lowest BCUT2D eigenvalue weighted by Crippen LogP contribution is -2.52. The molecule has 7 nitrogen and oxygen atoms in total. The van der Waals surface area contributed by atoms with Gasteiger partial charge in [0, 0.05) is 37.0 Å². The first kappa shape index (κ1) is 32.6. The Morgan fingerprint density at radius 2 is 1.63 bits per heavy atom. The van der Waals surface area contributed by atoms with Gasteiger partial charge in [-0.05, 0) is 61.9 Å². The van der Waals surface area contributed by atoms with Gasteiger partial charge in [-0.2, -0.15) is 0 Å². The van der Waals surface area contributed by atoms with E-state index in [4.69, 9.17) is 11.6 Å². The third kappa shape index (κ3) is 9.31. The molecule has 230 valence electrons. The van der Waals surface area contributed by atoms with Crippen LogP contribution in [0.15, 0.2) is 72.8 Å². The molecule has 9 heteroatoms. The molecule has 0 spiro atoms. The third-order valence-corrected chi connectivity index (χ3v) is 9.45. The van der Waals surface area contributed by atoms with Crippen LogP contribution < -0.4 is 9.62 Å². The molecule has 2 amide bonds. The highest BCUT2D eigenvalue weighted by Gasteiger charge is 2.32. The highest BCUT2D eigenvalue weighted by atomic mass is 35.5. The molecule has 0 bridgehead atoms. The summed E-state index contributed by atoms with van der Waals surface area (Å²) in [6, 6.07) is 22.3. The van der Waals surface area contributed by atoms with Crippen molar-refractivity contribution in [3.63, 3.8) is 0 Å². The van der Waals surface area contributed by atoms with Crippen LogP contribution in [0.5, 0.6) is 0 Å². The number of carbonyl (C=O) groups is 2. The Labute approximate surface area is 261 Å². The van der Waals surface area contributed by atoms with Gasteiger partial charge in [-0.25, -0.2) is 8.42 Å². The van der Waals surface area contributed by atoms with Gasteiger partial charge < -0.3 is 10.2 Å². The van der Waals surface area contributed by atoms with Crippen LogP contribution in [-0.2, 0) is 32.6 Å². The maximum atomic E-state index is 14.0. The Hall–Kier alpha value is -3.36. The summed E-state index contributed by atoms with van der Waals surface area (Å²) >= 11 is 6.20. The second-order valence-corrected chi connectivity index (χ2v) is 13.9. The van der Waals surface area contributed by atoms with Gasteiger partial charge in [-0.15, -0.1) is 0 Å². The van der Waals surface area contributed by atoms with Crippen molar-refractivity contribution in [2.75, 3.05) is 17.1 Å². The van der Waals surface area contributed by atoms with Crippen LogP contribution in [0.1, 0.15) is 60.8 Å². The monoisotopic (exact) mass is 623 g/mol. The zero-order valence-electron chi connectivity index (χ0n) is 25.3. The maximum Gasteiger partial charge on any atom is 0.243 e. The summed E-state index contributed by atoms with van der Waals surface area (Å²) in [6.07, 6.45) is 5.97. The van der Waals surface area contributed by atoms with Gasteiger partial charge in [0.15, 0.2) is 0 Å². The molecule has 0 unspecified atom stereocenters. The minimum atomic E-state index is -3.63. The quantitative estimate of drug-likeness (QED) is 0.246. The fourth-order valence-corrected chi connectivity index (χ4v) is 6.83. The Kier molecular flexibility index (Phi) is 11.3. The van der Waals surface area contributed by atoms with E-state index in [1.165, 1.54) is 4.31 Å². The number of anilines is 1. The summed E-state index contributed by atoms with van der Waals surface area (Å²) in [5.41, 5.74) is 4.28. The van der Waals surface area contributed by atoms with Crippen molar-refractivity contribution in [3.05, 3.63) is 100 Å². The van der Waals surface area contributed by atoms with E-state index in [2.05, 4.69) is 5.32 Å². The first-order valence-electron chi connectivity index (χ1n) is 14.9. The van der Waals surface area contributed by atoms with Crippen molar-refractivity contribution in [2.45, 2.75) is 77.4 Å². The molecule has 3 aromatic rings. The second-order valence-electron chi connectivity index (χ2n) is 11.6. The van der Waals surface area contributed by atoms with Crippen molar-refractivity contribution < 1.29 is 18.0 Å². The summed E-state index contributed by atoms with van der Waals surface area (Å²) in [4.78, 5) is 29.6. The Morgan fingerprint density at radius 3 is 2.28 bits per heavy atom. The van der Waals surface area contributed by atoms with Crippen molar-refractivity contribution in [1.82, 2.24) is 10.2 Å². The first-order valence-corrected chi connectivity index (χ1v) is 17.2. The molecule has 0 saturated heterocycles. The number of nitrogens with one attached hydrogen (secondary N) is 1. The lowest BCUT2D eigenvalue weighted by molar-refractivity contribution is -0.141. The van der Waals surface area contributed by atoms with Crippen LogP contribution in [-0.4, -0.2) is 50.0 Å². The molecule has 0 heterocycles. The molecule has 1 saturated carbocycles. The Balaban J connectivity index is 1.59. The smallest absolute Gasteiger partial charge is 0.243 e. The molecular formula is C34H42ClN3O4S. The largest absolute Gasteiger partial charge is 0.352 e. The fraction of sp³-hybridized carbons (Fsp3) is 0.412. The normalized spacial score (nSPS) is 14.3. The summed E-state index contributed by atoms with van der Waals surface area (Å²) in [6.45, 7) is 4.23. The van der Waals surface area contributed by atoms with E-state index < -0.39 is 16.1 Å². The highest BCUT2D eigenvalue weighted by Crippen LogP contribution is 2.27. The fourth-order valence-electron chi connectivity index (χ4n) is 5.65. The van der Waals surface area contributed by atoms with Gasteiger partial charge in [0.25, 0.3) is 0 Å². The Bertz CT molecular complexity index is 1490.